The van der Waals surface area contributed by atoms with E-state index in [4.69, 9.17) is 5.11 Å². The van der Waals surface area contributed by atoms with Crippen LogP contribution in [0.3, 0.4) is 0 Å². The summed E-state index contributed by atoms with van der Waals surface area (Å²) in [5.74, 6) is 0.0654. The van der Waals surface area contributed by atoms with Crippen LogP contribution in [0.15, 0.2) is 18.3 Å². The summed E-state index contributed by atoms with van der Waals surface area (Å²) < 4.78 is 0. The summed E-state index contributed by atoms with van der Waals surface area (Å²) in [6.07, 6.45) is 1.89. The molecule has 0 radical (unpaired) electrons. The highest BCUT2D eigenvalue weighted by atomic mass is 16.4. The van der Waals surface area contributed by atoms with Crippen molar-refractivity contribution < 1.29 is 9.90 Å². The van der Waals surface area contributed by atoms with Crippen molar-refractivity contribution in [2.24, 2.45) is 0 Å². The lowest BCUT2D eigenvalue weighted by Gasteiger charge is -2.25. The molecule has 0 aliphatic carbocycles. The number of nitrogens with zero attached hydrogens (tertiary/aromatic N) is 3. The van der Waals surface area contributed by atoms with Gasteiger partial charge in [0.15, 0.2) is 0 Å². The van der Waals surface area contributed by atoms with Crippen molar-refractivity contribution in [3.05, 3.63) is 23.9 Å². The molecule has 0 saturated carbocycles. The Morgan fingerprint density at radius 2 is 2.06 bits per heavy atom. The van der Waals surface area contributed by atoms with Crippen LogP contribution in [-0.2, 0) is 4.79 Å². The van der Waals surface area contributed by atoms with E-state index in [9.17, 15) is 4.79 Å². The number of carboxylic acid groups (broad SMARTS) is 1. The average Bonchev–Trinajstić information content (AvgIpc) is 2.28. The predicted molar refractivity (Wildman–Crippen MR) is 72.0 cm³/mol. The molecule has 1 aromatic rings. The maximum absolute atomic E-state index is 10.7. The molecule has 0 bridgehead atoms. The quantitative estimate of drug-likeness (QED) is 0.790. The van der Waals surface area contributed by atoms with Gasteiger partial charge < -0.3 is 14.9 Å². The topological polar surface area (TPSA) is 56.7 Å². The summed E-state index contributed by atoms with van der Waals surface area (Å²) in [5, 5.41) is 8.78. The average molecular weight is 251 g/mol. The van der Waals surface area contributed by atoms with Crippen LogP contribution >= 0.6 is 0 Å². The standard InChI is InChI=1S/C13H21N3O2/c1-11-4-6-14-12(10-11)16(7-5-13(17)18)9-8-15(2)3/h4,6,10H,5,7-9H2,1-3H3,(H,17,18). The molecule has 0 atom stereocenters. The lowest BCUT2D eigenvalue weighted by atomic mass is 10.2. The number of hydrogen-bond donors (Lipinski definition) is 1. The fraction of sp³-hybridized carbons (Fsp3) is 0.538. The highest BCUT2D eigenvalue weighted by Gasteiger charge is 2.10. The summed E-state index contributed by atoms with van der Waals surface area (Å²) in [6.45, 7) is 4.14. The highest BCUT2D eigenvalue weighted by Crippen LogP contribution is 2.12. The van der Waals surface area contributed by atoms with Crippen LogP contribution in [0.4, 0.5) is 5.82 Å². The number of rotatable bonds is 7. The van der Waals surface area contributed by atoms with Gasteiger partial charge in [0, 0.05) is 25.8 Å². The monoisotopic (exact) mass is 251 g/mol. The van der Waals surface area contributed by atoms with E-state index in [1.54, 1.807) is 6.20 Å². The van der Waals surface area contributed by atoms with Gasteiger partial charge in [-0.25, -0.2) is 4.98 Å². The molecule has 0 amide bonds. The number of carbonyl (C=O) groups is 1. The third-order valence-corrected chi connectivity index (χ3v) is 2.64. The first-order valence-electron chi connectivity index (χ1n) is 6.03. The summed E-state index contributed by atoms with van der Waals surface area (Å²) in [5.41, 5.74) is 1.13. The van der Waals surface area contributed by atoms with Crippen LogP contribution in [0.25, 0.3) is 0 Å². The zero-order valence-electron chi connectivity index (χ0n) is 11.3. The van der Waals surface area contributed by atoms with E-state index >= 15 is 0 Å². The lowest BCUT2D eigenvalue weighted by molar-refractivity contribution is -0.136. The van der Waals surface area contributed by atoms with Crippen molar-refractivity contribution in [3.63, 3.8) is 0 Å². The second-order valence-corrected chi connectivity index (χ2v) is 4.63. The maximum atomic E-state index is 10.7. The second-order valence-electron chi connectivity index (χ2n) is 4.63. The molecule has 0 saturated heterocycles. The third-order valence-electron chi connectivity index (χ3n) is 2.64. The van der Waals surface area contributed by atoms with Gasteiger partial charge in [-0.15, -0.1) is 0 Å². The van der Waals surface area contributed by atoms with Crippen LogP contribution in [-0.4, -0.2) is 54.7 Å². The Morgan fingerprint density at radius 1 is 1.33 bits per heavy atom. The number of pyridine rings is 1. The van der Waals surface area contributed by atoms with E-state index in [0.717, 1.165) is 24.5 Å². The van der Waals surface area contributed by atoms with E-state index in [1.165, 1.54) is 0 Å². The van der Waals surface area contributed by atoms with Gasteiger partial charge in [0.05, 0.1) is 6.42 Å². The SMILES string of the molecule is Cc1ccnc(N(CCC(=O)O)CCN(C)C)c1. The molecule has 1 heterocycles. The third kappa shape index (κ3) is 5.14. The normalized spacial score (nSPS) is 10.7. The molecular formula is C13H21N3O2. The second kappa shape index (κ2) is 6.96. The zero-order valence-corrected chi connectivity index (χ0v) is 11.3. The largest absolute Gasteiger partial charge is 0.481 e. The zero-order chi connectivity index (χ0) is 13.5. The lowest BCUT2D eigenvalue weighted by Crippen LogP contribution is -2.34. The summed E-state index contributed by atoms with van der Waals surface area (Å²) >= 11 is 0. The minimum atomic E-state index is -0.780. The van der Waals surface area contributed by atoms with Crippen molar-refractivity contribution in [3.8, 4) is 0 Å². The summed E-state index contributed by atoms with van der Waals surface area (Å²) in [4.78, 5) is 19.1. The van der Waals surface area contributed by atoms with E-state index < -0.39 is 5.97 Å². The van der Waals surface area contributed by atoms with E-state index in [1.807, 2.05) is 38.1 Å². The number of carboxylic acids is 1. The van der Waals surface area contributed by atoms with Gasteiger partial charge in [-0.1, -0.05) is 0 Å². The van der Waals surface area contributed by atoms with Gasteiger partial charge in [0.2, 0.25) is 0 Å². The van der Waals surface area contributed by atoms with E-state index in [-0.39, 0.29) is 6.42 Å². The smallest absolute Gasteiger partial charge is 0.305 e. The van der Waals surface area contributed by atoms with Crippen molar-refractivity contribution in [2.45, 2.75) is 13.3 Å². The molecule has 0 unspecified atom stereocenters. The van der Waals surface area contributed by atoms with Crippen LogP contribution in [0.5, 0.6) is 0 Å². The number of aliphatic carboxylic acids is 1. The molecule has 18 heavy (non-hydrogen) atoms. The molecule has 0 aromatic carbocycles. The van der Waals surface area contributed by atoms with Crippen molar-refractivity contribution >= 4 is 11.8 Å². The van der Waals surface area contributed by atoms with Gasteiger partial charge in [-0.2, -0.15) is 0 Å². The molecule has 0 aliphatic rings. The number of anilines is 1. The number of aromatic nitrogens is 1. The maximum Gasteiger partial charge on any atom is 0.305 e. The Kier molecular flexibility index (Phi) is 5.58. The summed E-state index contributed by atoms with van der Waals surface area (Å²) in [7, 11) is 4.00. The summed E-state index contributed by atoms with van der Waals surface area (Å²) in [6, 6.07) is 3.92. The Balaban J connectivity index is 2.72. The van der Waals surface area contributed by atoms with Crippen LogP contribution in [0, 0.1) is 6.92 Å². The minimum Gasteiger partial charge on any atom is -0.481 e. The molecule has 5 nitrogen and oxygen atoms in total. The first-order chi connectivity index (χ1) is 8.49. The molecule has 5 heteroatoms. The van der Waals surface area contributed by atoms with Gasteiger partial charge in [-0.05, 0) is 38.7 Å². The van der Waals surface area contributed by atoms with Crippen LogP contribution < -0.4 is 4.90 Å². The molecule has 1 aromatic heterocycles. The molecular weight excluding hydrogens is 230 g/mol. The molecule has 0 spiro atoms. The molecule has 0 aliphatic heterocycles. The number of aryl methyl sites for hydroxylation is 1. The highest BCUT2D eigenvalue weighted by molar-refractivity contribution is 5.67. The van der Waals surface area contributed by atoms with Gasteiger partial charge >= 0.3 is 5.97 Å². The van der Waals surface area contributed by atoms with Gasteiger partial charge in [0.25, 0.3) is 0 Å². The number of likely N-dealkylation sites (N-methyl/N-ethyl adjacent to an activating group) is 1. The van der Waals surface area contributed by atoms with Crippen molar-refractivity contribution in [2.75, 3.05) is 38.6 Å². The van der Waals surface area contributed by atoms with Crippen molar-refractivity contribution in [1.29, 1.82) is 0 Å². The van der Waals surface area contributed by atoms with Crippen LogP contribution in [0.1, 0.15) is 12.0 Å². The van der Waals surface area contributed by atoms with Gasteiger partial charge in [0.1, 0.15) is 5.82 Å². The fourth-order valence-corrected chi connectivity index (χ4v) is 1.59. The Morgan fingerprint density at radius 3 is 2.61 bits per heavy atom. The first kappa shape index (κ1) is 14.4. The minimum absolute atomic E-state index is 0.128. The Hall–Kier alpha value is -1.62. The van der Waals surface area contributed by atoms with Crippen molar-refractivity contribution in [1.82, 2.24) is 9.88 Å². The molecule has 100 valence electrons. The number of hydrogen-bond acceptors (Lipinski definition) is 4. The predicted octanol–water partition coefficient (Wildman–Crippen LogP) is 1.23. The fourth-order valence-electron chi connectivity index (χ4n) is 1.59. The molecule has 1 N–H and O–H groups in total. The Labute approximate surface area is 108 Å². The van der Waals surface area contributed by atoms with Gasteiger partial charge in [-0.3, -0.25) is 4.79 Å². The molecule has 1 rings (SSSR count). The van der Waals surface area contributed by atoms with Crippen LogP contribution in [0.2, 0.25) is 0 Å². The molecule has 0 fully saturated rings. The first-order valence-corrected chi connectivity index (χ1v) is 6.03. The Bertz CT molecular complexity index is 394. The van der Waals surface area contributed by atoms with E-state index in [0.29, 0.717) is 6.54 Å². The van der Waals surface area contributed by atoms with E-state index in [2.05, 4.69) is 9.88 Å².